The molecule has 2 aromatic carbocycles. The van der Waals surface area contributed by atoms with Gasteiger partial charge in [-0.05, 0) is 49.6 Å². The zero-order chi connectivity index (χ0) is 19.5. The second-order valence-corrected chi connectivity index (χ2v) is 6.76. The molecule has 2 N–H and O–H groups in total. The topological polar surface area (TPSA) is 88.4 Å². The van der Waals surface area contributed by atoms with Crippen molar-refractivity contribution in [3.63, 3.8) is 0 Å². The van der Waals surface area contributed by atoms with Crippen LogP contribution in [0, 0.1) is 0 Å². The minimum atomic E-state index is -1.21. The van der Waals surface area contributed by atoms with Crippen molar-refractivity contribution in [2.24, 2.45) is 4.99 Å². The van der Waals surface area contributed by atoms with Crippen LogP contribution in [0.2, 0.25) is 0 Å². The number of esters is 1. The number of hydrogen-bond donors (Lipinski definition) is 2. The quantitative estimate of drug-likeness (QED) is 0.586. The number of benzene rings is 2. The summed E-state index contributed by atoms with van der Waals surface area (Å²) in [5, 5.41) is 19.9. The van der Waals surface area contributed by atoms with Gasteiger partial charge in [0.05, 0.1) is 11.3 Å². The number of fused-ring (bicyclic) bond motifs is 5. The summed E-state index contributed by atoms with van der Waals surface area (Å²) in [5.74, 6) is 0.294. The minimum Gasteiger partial charge on any atom is -0.508 e. The first-order chi connectivity index (χ1) is 13.5. The molecule has 138 valence electrons. The molecule has 6 nitrogen and oxygen atoms in total. The number of nitrogens with zero attached hydrogens (tertiary/aromatic N) is 1. The maximum absolute atomic E-state index is 12.9. The summed E-state index contributed by atoms with van der Waals surface area (Å²) in [6.45, 7) is 3.54. The molecule has 0 atom stereocenters. The minimum absolute atomic E-state index is 0.0230. The molecule has 2 aliphatic heterocycles. The van der Waals surface area contributed by atoms with E-state index >= 15 is 0 Å². The van der Waals surface area contributed by atoms with Crippen LogP contribution >= 0.6 is 0 Å². The van der Waals surface area contributed by atoms with Gasteiger partial charge in [0.1, 0.15) is 23.0 Å². The average Bonchev–Trinajstić information content (AvgIpc) is 2.83. The number of carbonyl (C=O) groups excluding carboxylic acids is 1. The van der Waals surface area contributed by atoms with E-state index in [2.05, 4.69) is 11.7 Å². The standard InChI is InChI=1S/C22H15NO5/c1-23-12-3-2-4-16-15(9-12)21(26)28-22(16)17-7-5-13(24)10-19(17)27-20-11-14(25)6-8-18(20)22/h2-3,5-11,24-25H,1,4H2. The van der Waals surface area contributed by atoms with Gasteiger partial charge in [0.15, 0.2) is 5.60 Å². The van der Waals surface area contributed by atoms with Crippen molar-refractivity contribution in [1.29, 1.82) is 0 Å². The monoisotopic (exact) mass is 373 g/mol. The Kier molecular flexibility index (Phi) is 3.27. The fourth-order valence-corrected chi connectivity index (χ4v) is 4.03. The van der Waals surface area contributed by atoms with E-state index in [1.54, 1.807) is 24.3 Å². The van der Waals surface area contributed by atoms with Crippen molar-refractivity contribution in [3.05, 3.63) is 82.6 Å². The van der Waals surface area contributed by atoms with Gasteiger partial charge in [-0.1, -0.05) is 6.08 Å². The number of phenolic OH excluding ortho intramolecular Hbond substituents is 2. The smallest absolute Gasteiger partial charge is 0.339 e. The van der Waals surface area contributed by atoms with Crippen LogP contribution in [0.3, 0.4) is 0 Å². The van der Waals surface area contributed by atoms with Crippen LogP contribution in [0.25, 0.3) is 0 Å². The molecular formula is C22H15NO5. The van der Waals surface area contributed by atoms with E-state index in [0.717, 1.165) is 5.57 Å². The molecule has 2 heterocycles. The van der Waals surface area contributed by atoms with Gasteiger partial charge in [-0.3, -0.25) is 4.99 Å². The maximum Gasteiger partial charge on any atom is 0.339 e. The van der Waals surface area contributed by atoms with E-state index in [9.17, 15) is 15.0 Å². The fraction of sp³-hybridized carbons (Fsp3) is 0.0909. The molecule has 1 aliphatic carbocycles. The number of rotatable bonds is 1. The Bertz CT molecular complexity index is 1100. The van der Waals surface area contributed by atoms with Crippen LogP contribution in [0.1, 0.15) is 17.5 Å². The SMILES string of the molecule is C=NC1=CC2=C(CC=C1)C1(OC2=O)c2ccc(O)cc2Oc2cc(O)ccc21. The summed E-state index contributed by atoms with van der Waals surface area (Å²) in [6.07, 6.45) is 5.83. The van der Waals surface area contributed by atoms with Crippen LogP contribution in [0.15, 0.2) is 76.5 Å². The van der Waals surface area contributed by atoms with Gasteiger partial charge in [-0.2, -0.15) is 0 Å². The highest BCUT2D eigenvalue weighted by atomic mass is 16.6. The second kappa shape index (κ2) is 5.60. The van der Waals surface area contributed by atoms with Crippen molar-refractivity contribution in [1.82, 2.24) is 0 Å². The zero-order valence-corrected chi connectivity index (χ0v) is 14.7. The maximum atomic E-state index is 12.9. The van der Waals surface area contributed by atoms with E-state index in [-0.39, 0.29) is 11.5 Å². The van der Waals surface area contributed by atoms with Crippen LogP contribution in [0.5, 0.6) is 23.0 Å². The molecule has 0 saturated carbocycles. The lowest BCUT2D eigenvalue weighted by atomic mass is 9.76. The molecule has 2 aromatic rings. The van der Waals surface area contributed by atoms with Gasteiger partial charge in [-0.15, -0.1) is 0 Å². The van der Waals surface area contributed by atoms with Gasteiger partial charge in [0.2, 0.25) is 0 Å². The van der Waals surface area contributed by atoms with Crippen molar-refractivity contribution >= 4 is 12.7 Å². The molecule has 3 aliphatic rings. The van der Waals surface area contributed by atoms with E-state index in [1.807, 2.05) is 6.08 Å². The number of hydrogen-bond acceptors (Lipinski definition) is 6. The zero-order valence-electron chi connectivity index (χ0n) is 14.7. The molecule has 1 spiro atoms. The van der Waals surface area contributed by atoms with Crippen LogP contribution in [-0.2, 0) is 15.1 Å². The molecular weight excluding hydrogens is 358 g/mol. The highest BCUT2D eigenvalue weighted by Crippen LogP contribution is 2.58. The number of phenols is 2. The first-order valence-electron chi connectivity index (χ1n) is 8.69. The van der Waals surface area contributed by atoms with Crippen molar-refractivity contribution in [3.8, 4) is 23.0 Å². The number of aliphatic imine (C=N–C) groups is 1. The van der Waals surface area contributed by atoms with Crippen molar-refractivity contribution < 1.29 is 24.5 Å². The van der Waals surface area contributed by atoms with E-state index in [1.165, 1.54) is 24.3 Å². The summed E-state index contributed by atoms with van der Waals surface area (Å²) in [5.41, 5.74) is 1.75. The summed E-state index contributed by atoms with van der Waals surface area (Å²) in [4.78, 5) is 16.8. The Morgan fingerprint density at radius 1 is 1.04 bits per heavy atom. The molecule has 0 radical (unpaired) electrons. The predicted octanol–water partition coefficient (Wildman–Crippen LogP) is 3.84. The van der Waals surface area contributed by atoms with Crippen LogP contribution < -0.4 is 4.74 Å². The number of aromatic hydroxyl groups is 2. The van der Waals surface area contributed by atoms with E-state index < -0.39 is 11.6 Å². The molecule has 0 fully saturated rings. The summed E-state index contributed by atoms with van der Waals surface area (Å²) >= 11 is 0. The molecule has 0 aromatic heterocycles. The van der Waals surface area contributed by atoms with Gasteiger partial charge >= 0.3 is 5.97 Å². The van der Waals surface area contributed by atoms with E-state index in [0.29, 0.717) is 40.3 Å². The largest absolute Gasteiger partial charge is 0.508 e. The Morgan fingerprint density at radius 2 is 1.68 bits per heavy atom. The third-order valence-corrected chi connectivity index (χ3v) is 5.21. The molecule has 5 rings (SSSR count). The van der Waals surface area contributed by atoms with Crippen LogP contribution in [0.4, 0.5) is 0 Å². The fourth-order valence-electron chi connectivity index (χ4n) is 4.03. The predicted molar refractivity (Wildman–Crippen MR) is 102 cm³/mol. The highest BCUT2D eigenvalue weighted by molar-refractivity contribution is 5.98. The summed E-state index contributed by atoms with van der Waals surface area (Å²) < 4.78 is 11.9. The lowest BCUT2D eigenvalue weighted by Gasteiger charge is -2.37. The number of carbonyl (C=O) groups is 1. The number of allylic oxidation sites excluding steroid dienone is 2. The second-order valence-electron chi connectivity index (χ2n) is 6.76. The third kappa shape index (κ3) is 2.08. The van der Waals surface area contributed by atoms with Gasteiger partial charge in [0.25, 0.3) is 0 Å². The molecule has 0 unspecified atom stereocenters. The Labute approximate surface area is 160 Å². The first kappa shape index (κ1) is 16.4. The summed E-state index contributed by atoms with van der Waals surface area (Å²) in [6, 6.07) is 9.37. The normalized spacial score (nSPS) is 18.4. The average molecular weight is 373 g/mol. The molecule has 6 heteroatoms. The Hall–Kier alpha value is -3.80. The lowest BCUT2D eigenvalue weighted by Crippen LogP contribution is -2.34. The molecule has 28 heavy (non-hydrogen) atoms. The highest BCUT2D eigenvalue weighted by Gasteiger charge is 2.54. The van der Waals surface area contributed by atoms with Crippen molar-refractivity contribution in [2.75, 3.05) is 0 Å². The van der Waals surface area contributed by atoms with E-state index in [4.69, 9.17) is 9.47 Å². The van der Waals surface area contributed by atoms with Gasteiger partial charge in [0, 0.05) is 28.8 Å². The Morgan fingerprint density at radius 3 is 2.29 bits per heavy atom. The third-order valence-electron chi connectivity index (χ3n) is 5.21. The number of ether oxygens (including phenoxy) is 2. The Balaban J connectivity index is 1.86. The molecule has 0 saturated heterocycles. The molecule has 0 amide bonds. The lowest BCUT2D eigenvalue weighted by molar-refractivity contribution is -0.145. The van der Waals surface area contributed by atoms with Crippen molar-refractivity contribution in [2.45, 2.75) is 12.0 Å². The molecule has 0 bridgehead atoms. The van der Waals surface area contributed by atoms with Crippen LogP contribution in [-0.4, -0.2) is 22.9 Å². The van der Waals surface area contributed by atoms with Gasteiger partial charge in [-0.25, -0.2) is 4.79 Å². The summed E-state index contributed by atoms with van der Waals surface area (Å²) in [7, 11) is 0. The first-order valence-corrected chi connectivity index (χ1v) is 8.69. The van der Waals surface area contributed by atoms with Gasteiger partial charge < -0.3 is 19.7 Å².